The summed E-state index contributed by atoms with van der Waals surface area (Å²) in [4.78, 5) is 14.8. The molecule has 1 atom stereocenters. The van der Waals surface area contributed by atoms with Crippen molar-refractivity contribution in [2.45, 2.75) is 63.5 Å². The second-order valence-electron chi connectivity index (χ2n) is 8.03. The van der Waals surface area contributed by atoms with E-state index in [0.717, 1.165) is 44.3 Å². The summed E-state index contributed by atoms with van der Waals surface area (Å²) in [5.74, 6) is -0.157. The highest BCUT2D eigenvalue weighted by Gasteiger charge is 2.38. The van der Waals surface area contributed by atoms with Crippen LogP contribution in [0.4, 0.5) is 4.39 Å². The quantitative estimate of drug-likeness (QED) is 0.845. The Morgan fingerprint density at radius 2 is 2.08 bits per heavy atom. The van der Waals surface area contributed by atoms with E-state index in [-0.39, 0.29) is 23.2 Å². The molecule has 0 radical (unpaired) electrons. The zero-order valence-corrected chi connectivity index (χ0v) is 16.0. The normalized spacial score (nSPS) is 23.3. The van der Waals surface area contributed by atoms with Crippen molar-refractivity contribution < 1.29 is 13.9 Å². The molecule has 4 nitrogen and oxygen atoms in total. The summed E-state index contributed by atoms with van der Waals surface area (Å²) >= 11 is 0. The van der Waals surface area contributed by atoms with Crippen LogP contribution in [0.1, 0.15) is 51.5 Å². The molecule has 26 heavy (non-hydrogen) atoms. The molecule has 1 aliphatic heterocycles. The Kier molecular flexibility index (Phi) is 6.30. The van der Waals surface area contributed by atoms with Crippen molar-refractivity contribution in [1.82, 2.24) is 10.2 Å². The van der Waals surface area contributed by atoms with Gasteiger partial charge in [-0.1, -0.05) is 31.0 Å². The van der Waals surface area contributed by atoms with Crippen molar-refractivity contribution in [3.63, 3.8) is 0 Å². The van der Waals surface area contributed by atoms with Crippen molar-refractivity contribution in [2.24, 2.45) is 0 Å². The van der Waals surface area contributed by atoms with Crippen LogP contribution in [0.5, 0.6) is 0 Å². The lowest BCUT2D eigenvalue weighted by Gasteiger charge is -2.35. The molecule has 1 heterocycles. The first-order valence-corrected chi connectivity index (χ1v) is 9.87. The van der Waals surface area contributed by atoms with E-state index in [4.69, 9.17) is 4.74 Å². The summed E-state index contributed by atoms with van der Waals surface area (Å²) in [6, 6.07) is 7.47. The van der Waals surface area contributed by atoms with Crippen LogP contribution in [-0.2, 0) is 14.9 Å². The van der Waals surface area contributed by atoms with Gasteiger partial charge in [-0.3, -0.25) is 9.69 Å². The summed E-state index contributed by atoms with van der Waals surface area (Å²) in [6.07, 6.45) is 4.33. The van der Waals surface area contributed by atoms with Gasteiger partial charge >= 0.3 is 0 Å². The second-order valence-corrected chi connectivity index (χ2v) is 8.03. The molecule has 1 aromatic carbocycles. The summed E-state index contributed by atoms with van der Waals surface area (Å²) in [5.41, 5.74) is 0.482. The van der Waals surface area contributed by atoms with Crippen LogP contribution >= 0.6 is 0 Å². The van der Waals surface area contributed by atoms with Crippen LogP contribution < -0.4 is 5.32 Å². The fourth-order valence-electron chi connectivity index (χ4n) is 4.37. The summed E-state index contributed by atoms with van der Waals surface area (Å²) in [6.45, 7) is 7.24. The zero-order valence-electron chi connectivity index (χ0n) is 16.0. The molecule has 3 rings (SSSR count). The third-order valence-electron chi connectivity index (χ3n) is 5.94. The molecule has 0 spiro atoms. The van der Waals surface area contributed by atoms with Crippen LogP contribution in [-0.4, -0.2) is 49.2 Å². The number of nitrogens with zero attached hydrogens (tertiary/aromatic N) is 1. The van der Waals surface area contributed by atoms with Gasteiger partial charge in [-0.05, 0) is 38.3 Å². The number of ether oxygens (including phenoxy) is 1. The van der Waals surface area contributed by atoms with Gasteiger partial charge in [0.2, 0.25) is 5.91 Å². The highest BCUT2D eigenvalue weighted by atomic mass is 19.1. The van der Waals surface area contributed by atoms with Gasteiger partial charge in [-0.2, -0.15) is 0 Å². The summed E-state index contributed by atoms with van der Waals surface area (Å²) in [7, 11) is 0. The minimum Gasteiger partial charge on any atom is -0.375 e. The van der Waals surface area contributed by atoms with E-state index in [9.17, 15) is 9.18 Å². The first kappa shape index (κ1) is 19.3. The van der Waals surface area contributed by atoms with Crippen LogP contribution in [0.2, 0.25) is 0 Å². The van der Waals surface area contributed by atoms with E-state index in [1.54, 1.807) is 6.07 Å². The molecule has 2 fully saturated rings. The van der Waals surface area contributed by atoms with Crippen molar-refractivity contribution in [1.29, 1.82) is 0 Å². The predicted octanol–water partition coefficient (Wildman–Crippen LogP) is 3.25. The van der Waals surface area contributed by atoms with Gasteiger partial charge < -0.3 is 10.1 Å². The predicted molar refractivity (Wildman–Crippen MR) is 101 cm³/mol. The molecule has 144 valence electrons. The van der Waals surface area contributed by atoms with Crippen LogP contribution in [0.3, 0.4) is 0 Å². The van der Waals surface area contributed by atoms with Gasteiger partial charge in [0.25, 0.3) is 0 Å². The monoisotopic (exact) mass is 362 g/mol. The van der Waals surface area contributed by atoms with Crippen molar-refractivity contribution in [3.8, 4) is 0 Å². The van der Waals surface area contributed by atoms with E-state index in [1.807, 2.05) is 12.1 Å². The molecule has 1 amide bonds. The molecule has 0 bridgehead atoms. The van der Waals surface area contributed by atoms with E-state index < -0.39 is 0 Å². The number of amides is 1. The molecule has 1 N–H and O–H groups in total. The Hall–Kier alpha value is -1.46. The Labute approximate surface area is 156 Å². The number of hydrogen-bond acceptors (Lipinski definition) is 3. The second kappa shape index (κ2) is 8.49. The van der Waals surface area contributed by atoms with E-state index in [0.29, 0.717) is 25.6 Å². The SMILES string of the molecule is CC(C)N1CCO[C@H](CC(=O)NCC2(c3ccccc3F)CCCC2)C1. The van der Waals surface area contributed by atoms with Gasteiger partial charge in [0.1, 0.15) is 5.82 Å². The molecule has 0 aromatic heterocycles. The van der Waals surface area contributed by atoms with Gasteiger partial charge in [0.05, 0.1) is 19.1 Å². The van der Waals surface area contributed by atoms with Crippen LogP contribution in [0.25, 0.3) is 0 Å². The van der Waals surface area contributed by atoms with Crippen LogP contribution in [0, 0.1) is 5.82 Å². The number of hydrogen-bond donors (Lipinski definition) is 1. The molecule has 1 saturated carbocycles. The highest BCUT2D eigenvalue weighted by Crippen LogP contribution is 2.41. The fourth-order valence-corrected chi connectivity index (χ4v) is 4.37. The van der Waals surface area contributed by atoms with Gasteiger partial charge in [-0.15, -0.1) is 0 Å². The summed E-state index contributed by atoms with van der Waals surface area (Å²) < 4.78 is 20.1. The Balaban J connectivity index is 1.58. The van der Waals surface area contributed by atoms with Crippen LogP contribution in [0.15, 0.2) is 24.3 Å². The average molecular weight is 362 g/mol. The van der Waals surface area contributed by atoms with Crippen molar-refractivity contribution in [3.05, 3.63) is 35.6 Å². The van der Waals surface area contributed by atoms with E-state index in [2.05, 4.69) is 24.1 Å². The average Bonchev–Trinajstić information content (AvgIpc) is 3.10. The lowest BCUT2D eigenvalue weighted by molar-refractivity contribution is -0.126. The molecular formula is C21H31FN2O2. The fraction of sp³-hybridized carbons (Fsp3) is 0.667. The standard InChI is InChI=1S/C21H31FN2O2/c1-16(2)24-11-12-26-17(14-24)13-20(25)23-15-21(9-5-6-10-21)18-7-3-4-8-19(18)22/h3-4,7-8,16-17H,5-6,9-15H2,1-2H3,(H,23,25)/t17-/m1/s1. The topological polar surface area (TPSA) is 41.6 Å². The molecule has 1 aliphatic carbocycles. The molecule has 5 heteroatoms. The minimum absolute atomic E-state index is 0.00298. The maximum atomic E-state index is 14.4. The summed E-state index contributed by atoms with van der Waals surface area (Å²) in [5, 5.41) is 3.08. The maximum absolute atomic E-state index is 14.4. The third-order valence-corrected chi connectivity index (χ3v) is 5.94. The zero-order chi connectivity index (χ0) is 18.6. The Morgan fingerprint density at radius 3 is 2.77 bits per heavy atom. The number of nitrogens with one attached hydrogen (secondary N) is 1. The van der Waals surface area contributed by atoms with Crippen molar-refractivity contribution in [2.75, 3.05) is 26.2 Å². The lowest BCUT2D eigenvalue weighted by atomic mass is 9.78. The van der Waals surface area contributed by atoms with Gasteiger partial charge in [-0.25, -0.2) is 4.39 Å². The Morgan fingerprint density at radius 1 is 1.35 bits per heavy atom. The van der Waals surface area contributed by atoms with Gasteiger partial charge in [0.15, 0.2) is 0 Å². The molecule has 1 saturated heterocycles. The number of halogens is 1. The number of morpholine rings is 1. The number of carbonyl (C=O) groups excluding carboxylic acids is 1. The minimum atomic E-state index is -0.265. The van der Waals surface area contributed by atoms with E-state index in [1.165, 1.54) is 6.07 Å². The molecule has 2 aliphatic rings. The number of rotatable bonds is 6. The molecular weight excluding hydrogens is 331 g/mol. The first-order valence-electron chi connectivity index (χ1n) is 9.87. The molecule has 0 unspecified atom stereocenters. The number of benzene rings is 1. The number of carbonyl (C=O) groups is 1. The van der Waals surface area contributed by atoms with Crippen molar-refractivity contribution >= 4 is 5.91 Å². The first-order chi connectivity index (χ1) is 12.5. The lowest BCUT2D eigenvalue weighted by Crippen LogP contribution is -2.48. The molecule has 1 aromatic rings. The Bertz CT molecular complexity index is 614. The third kappa shape index (κ3) is 4.44. The smallest absolute Gasteiger partial charge is 0.222 e. The highest BCUT2D eigenvalue weighted by molar-refractivity contribution is 5.76. The largest absolute Gasteiger partial charge is 0.375 e. The van der Waals surface area contributed by atoms with E-state index >= 15 is 0 Å². The maximum Gasteiger partial charge on any atom is 0.222 e. The van der Waals surface area contributed by atoms with Gasteiger partial charge in [0, 0.05) is 31.1 Å².